The molecule has 0 saturated carbocycles. The van der Waals surface area contributed by atoms with Gasteiger partial charge in [-0.1, -0.05) is 19.1 Å². The van der Waals surface area contributed by atoms with E-state index in [0.29, 0.717) is 6.54 Å². The third-order valence-electron chi connectivity index (χ3n) is 4.55. The summed E-state index contributed by atoms with van der Waals surface area (Å²) in [5, 5.41) is 3.05. The first-order chi connectivity index (χ1) is 11.8. The zero-order valence-corrected chi connectivity index (χ0v) is 14.8. The number of nitrogens with zero attached hydrogens (tertiary/aromatic N) is 2. The number of benzene rings is 1. The van der Waals surface area contributed by atoms with Crippen molar-refractivity contribution in [2.24, 2.45) is 0 Å². The van der Waals surface area contributed by atoms with Crippen molar-refractivity contribution < 1.29 is 18.0 Å². The molecule has 140 valence electrons. The number of amides is 1. The number of nitrogens with one attached hydrogen (secondary N) is 1. The van der Waals surface area contributed by atoms with E-state index in [1.807, 2.05) is 0 Å². The molecule has 0 atom stereocenters. The van der Waals surface area contributed by atoms with Gasteiger partial charge in [0.05, 0.1) is 12.1 Å². The molecule has 0 radical (unpaired) electrons. The van der Waals surface area contributed by atoms with Gasteiger partial charge in [-0.2, -0.15) is 13.2 Å². The van der Waals surface area contributed by atoms with Crippen LogP contribution in [0.5, 0.6) is 0 Å². The average molecular weight is 357 g/mol. The van der Waals surface area contributed by atoms with Gasteiger partial charge in [-0.05, 0) is 44.1 Å². The van der Waals surface area contributed by atoms with Crippen LogP contribution in [0, 0.1) is 0 Å². The molecule has 1 N–H and O–H groups in total. The van der Waals surface area contributed by atoms with E-state index in [0.717, 1.165) is 50.2 Å². The lowest BCUT2D eigenvalue weighted by Crippen LogP contribution is -2.46. The molecule has 1 aromatic rings. The number of carbonyl (C=O) groups excluding carboxylic acids is 1. The fraction of sp³-hybridized carbons (Fsp3) is 0.611. The molecule has 1 fully saturated rings. The lowest BCUT2D eigenvalue weighted by Gasteiger charge is -2.31. The smallest absolute Gasteiger partial charge is 0.352 e. The maximum absolute atomic E-state index is 12.6. The van der Waals surface area contributed by atoms with Crippen molar-refractivity contribution in [3.63, 3.8) is 0 Å². The Morgan fingerprint density at radius 3 is 2.36 bits per heavy atom. The first-order valence-corrected chi connectivity index (χ1v) is 8.64. The van der Waals surface area contributed by atoms with Gasteiger partial charge in [-0.25, -0.2) is 0 Å². The minimum atomic E-state index is -4.32. The van der Waals surface area contributed by atoms with Crippen LogP contribution in [-0.2, 0) is 17.5 Å². The molecule has 1 saturated heterocycles. The summed E-state index contributed by atoms with van der Waals surface area (Å²) in [5.41, 5.74) is 0.0922. The number of hydrogen-bond acceptors (Lipinski definition) is 3. The van der Waals surface area contributed by atoms with E-state index in [4.69, 9.17) is 0 Å². The number of hydrogen-bond donors (Lipinski definition) is 1. The summed E-state index contributed by atoms with van der Waals surface area (Å²) in [7, 11) is 1.79. The Kier molecular flexibility index (Phi) is 6.84. The van der Waals surface area contributed by atoms with Crippen LogP contribution in [0.2, 0.25) is 0 Å². The predicted octanol–water partition coefficient (Wildman–Crippen LogP) is 2.74. The maximum Gasteiger partial charge on any atom is 0.416 e. The highest BCUT2D eigenvalue weighted by atomic mass is 19.4. The Hall–Kier alpha value is -1.60. The molecule has 4 nitrogen and oxygen atoms in total. The fourth-order valence-electron chi connectivity index (χ4n) is 3.08. The van der Waals surface area contributed by atoms with Crippen molar-refractivity contribution in [3.05, 3.63) is 35.4 Å². The second-order valence-electron chi connectivity index (χ2n) is 6.64. The highest BCUT2D eigenvalue weighted by Gasteiger charge is 2.30. The zero-order valence-electron chi connectivity index (χ0n) is 14.8. The second-order valence-corrected chi connectivity index (χ2v) is 6.64. The molecule has 1 heterocycles. The van der Waals surface area contributed by atoms with Crippen molar-refractivity contribution >= 4 is 5.91 Å². The Balaban J connectivity index is 1.76. The van der Waals surface area contributed by atoms with E-state index in [9.17, 15) is 18.0 Å². The van der Waals surface area contributed by atoms with Crippen LogP contribution in [0.1, 0.15) is 30.9 Å². The molecular weight excluding hydrogens is 331 g/mol. The molecule has 1 aromatic carbocycles. The van der Waals surface area contributed by atoms with E-state index >= 15 is 0 Å². The van der Waals surface area contributed by atoms with Crippen molar-refractivity contribution in [2.75, 3.05) is 33.2 Å². The van der Waals surface area contributed by atoms with Gasteiger partial charge in [-0.3, -0.25) is 9.69 Å². The van der Waals surface area contributed by atoms with Gasteiger partial charge in [0, 0.05) is 25.7 Å². The monoisotopic (exact) mass is 357 g/mol. The number of likely N-dealkylation sites (tertiary alicyclic amines) is 1. The van der Waals surface area contributed by atoms with Crippen molar-refractivity contribution in [1.82, 2.24) is 15.1 Å². The van der Waals surface area contributed by atoms with Crippen LogP contribution in [0.15, 0.2) is 24.3 Å². The largest absolute Gasteiger partial charge is 0.416 e. The van der Waals surface area contributed by atoms with Crippen LogP contribution in [0.4, 0.5) is 13.2 Å². The molecule has 1 aliphatic rings. The maximum atomic E-state index is 12.6. The molecule has 1 aliphatic heterocycles. The van der Waals surface area contributed by atoms with E-state index in [1.54, 1.807) is 11.9 Å². The Morgan fingerprint density at radius 1 is 1.24 bits per heavy atom. The standard InChI is InChI=1S/C18H26F3N3O/c1-3-24-10-8-16(9-11-24)22-17(25)13-23(2)12-14-4-6-15(7-5-14)18(19,20)21/h4-7,16H,3,8-13H2,1-2H3,(H,22,25). The topological polar surface area (TPSA) is 35.6 Å². The summed E-state index contributed by atoms with van der Waals surface area (Å²) in [6, 6.07) is 5.28. The van der Waals surface area contributed by atoms with Gasteiger partial charge >= 0.3 is 6.18 Å². The van der Waals surface area contributed by atoms with Gasteiger partial charge in [0.15, 0.2) is 0 Å². The fourth-order valence-corrected chi connectivity index (χ4v) is 3.08. The zero-order chi connectivity index (χ0) is 18.4. The number of likely N-dealkylation sites (N-methyl/N-ethyl adjacent to an activating group) is 1. The number of rotatable bonds is 6. The summed E-state index contributed by atoms with van der Waals surface area (Å²) in [5.74, 6) is -0.0376. The molecule has 0 aromatic heterocycles. The van der Waals surface area contributed by atoms with Gasteiger partial charge < -0.3 is 10.2 Å². The number of carbonyl (C=O) groups is 1. The molecule has 0 aliphatic carbocycles. The Morgan fingerprint density at radius 2 is 1.84 bits per heavy atom. The predicted molar refractivity (Wildman–Crippen MR) is 91.1 cm³/mol. The van der Waals surface area contributed by atoms with Gasteiger partial charge in [0.2, 0.25) is 5.91 Å². The lowest BCUT2D eigenvalue weighted by atomic mass is 10.1. The SMILES string of the molecule is CCN1CCC(NC(=O)CN(C)Cc2ccc(C(F)(F)F)cc2)CC1. The number of piperidine rings is 1. The highest BCUT2D eigenvalue weighted by Crippen LogP contribution is 2.29. The number of alkyl halides is 3. The van der Waals surface area contributed by atoms with Crippen molar-refractivity contribution in [2.45, 2.75) is 38.5 Å². The van der Waals surface area contributed by atoms with Gasteiger partial charge in [0.1, 0.15) is 0 Å². The van der Waals surface area contributed by atoms with Crippen LogP contribution in [0.3, 0.4) is 0 Å². The summed E-state index contributed by atoms with van der Waals surface area (Å²) in [6.45, 7) is 5.84. The van der Waals surface area contributed by atoms with Crippen LogP contribution >= 0.6 is 0 Å². The van der Waals surface area contributed by atoms with E-state index < -0.39 is 11.7 Å². The molecule has 0 bridgehead atoms. The number of halogens is 3. The van der Waals surface area contributed by atoms with E-state index in [1.165, 1.54) is 12.1 Å². The normalized spacial score (nSPS) is 17.0. The highest BCUT2D eigenvalue weighted by molar-refractivity contribution is 5.78. The molecule has 0 unspecified atom stereocenters. The molecule has 1 amide bonds. The minimum Gasteiger partial charge on any atom is -0.352 e. The van der Waals surface area contributed by atoms with E-state index in [2.05, 4.69) is 17.1 Å². The molecule has 7 heteroatoms. The molecule has 25 heavy (non-hydrogen) atoms. The van der Waals surface area contributed by atoms with E-state index in [-0.39, 0.29) is 18.5 Å². The summed E-state index contributed by atoms with van der Waals surface area (Å²) in [4.78, 5) is 16.3. The third-order valence-corrected chi connectivity index (χ3v) is 4.55. The summed E-state index contributed by atoms with van der Waals surface area (Å²) in [6.07, 6.45) is -2.40. The summed E-state index contributed by atoms with van der Waals surface area (Å²) < 4.78 is 37.7. The molecular formula is C18H26F3N3O. The van der Waals surface area contributed by atoms with Gasteiger partial charge in [0.25, 0.3) is 0 Å². The lowest BCUT2D eigenvalue weighted by molar-refractivity contribution is -0.137. The average Bonchev–Trinajstić information content (AvgIpc) is 2.55. The Labute approximate surface area is 147 Å². The Bertz CT molecular complexity index is 552. The third kappa shape index (κ3) is 6.32. The second kappa shape index (κ2) is 8.67. The summed E-state index contributed by atoms with van der Waals surface area (Å²) >= 11 is 0. The minimum absolute atomic E-state index is 0.0376. The van der Waals surface area contributed by atoms with Crippen LogP contribution in [0.25, 0.3) is 0 Å². The van der Waals surface area contributed by atoms with Crippen molar-refractivity contribution in [1.29, 1.82) is 0 Å². The van der Waals surface area contributed by atoms with Crippen LogP contribution < -0.4 is 5.32 Å². The quantitative estimate of drug-likeness (QED) is 0.850. The molecule has 2 rings (SSSR count). The first-order valence-electron chi connectivity index (χ1n) is 8.64. The molecule has 0 spiro atoms. The van der Waals surface area contributed by atoms with Gasteiger partial charge in [-0.15, -0.1) is 0 Å². The van der Waals surface area contributed by atoms with Crippen molar-refractivity contribution in [3.8, 4) is 0 Å². The van der Waals surface area contributed by atoms with Crippen LogP contribution in [-0.4, -0.2) is 55.0 Å². The first kappa shape index (κ1) is 19.7.